The Morgan fingerprint density at radius 3 is 2.57 bits per heavy atom. The van der Waals surface area contributed by atoms with Crippen molar-refractivity contribution in [3.63, 3.8) is 0 Å². The Kier molecular flexibility index (Phi) is 4.50. The minimum atomic E-state index is -0.793. The Morgan fingerprint density at radius 2 is 1.75 bits per heavy atom. The second-order valence-electron chi connectivity index (χ2n) is 5.75. The van der Waals surface area contributed by atoms with E-state index in [0.717, 1.165) is 9.36 Å². The average Bonchev–Trinajstić information content (AvgIpc) is 3.09. The summed E-state index contributed by atoms with van der Waals surface area (Å²) in [5.74, 6) is -1.48. The first-order valence-electron chi connectivity index (χ1n) is 8.23. The molecule has 0 bridgehead atoms. The van der Waals surface area contributed by atoms with Gasteiger partial charge >= 0.3 is 11.7 Å². The first-order chi connectivity index (χ1) is 13.6. The molecule has 0 spiro atoms. The first-order valence-corrected chi connectivity index (χ1v) is 8.23. The number of carbonyl (C=O) groups is 1. The predicted molar refractivity (Wildman–Crippen MR) is 96.1 cm³/mol. The van der Waals surface area contributed by atoms with E-state index in [-0.39, 0.29) is 5.89 Å². The molecule has 0 atom stereocenters. The second-order valence-corrected chi connectivity index (χ2v) is 5.75. The molecule has 10 nitrogen and oxygen atoms in total. The molecule has 4 rings (SSSR count). The summed E-state index contributed by atoms with van der Waals surface area (Å²) in [5, 5.41) is 11.9. The van der Waals surface area contributed by atoms with Crippen molar-refractivity contribution in [1.29, 1.82) is 0 Å². The van der Waals surface area contributed by atoms with Crippen molar-refractivity contribution in [2.45, 2.75) is 13.3 Å². The van der Waals surface area contributed by atoms with Gasteiger partial charge < -0.3 is 9.15 Å². The van der Waals surface area contributed by atoms with Gasteiger partial charge in [0.15, 0.2) is 6.73 Å². The highest BCUT2D eigenvalue weighted by atomic mass is 16.5. The van der Waals surface area contributed by atoms with E-state index < -0.39 is 30.6 Å². The van der Waals surface area contributed by atoms with Crippen molar-refractivity contribution < 1.29 is 13.9 Å². The SMILES string of the molecule is O=C(Cn1nc(-c2ccccc2)oc1=O)OCn1nnc2ccccc2c1=O. The zero-order valence-electron chi connectivity index (χ0n) is 14.4. The number of ether oxygens (including phenoxy) is 1. The van der Waals surface area contributed by atoms with Gasteiger partial charge in [-0.2, -0.15) is 9.36 Å². The van der Waals surface area contributed by atoms with Crippen LogP contribution in [0.25, 0.3) is 22.4 Å². The highest BCUT2D eigenvalue weighted by Crippen LogP contribution is 2.13. The highest BCUT2D eigenvalue weighted by Gasteiger charge is 2.14. The number of benzene rings is 2. The number of esters is 1. The fourth-order valence-corrected chi connectivity index (χ4v) is 2.51. The maximum absolute atomic E-state index is 12.3. The highest BCUT2D eigenvalue weighted by molar-refractivity contribution is 5.76. The summed E-state index contributed by atoms with van der Waals surface area (Å²) in [6.07, 6.45) is 0. The van der Waals surface area contributed by atoms with E-state index in [1.54, 1.807) is 48.5 Å². The third kappa shape index (κ3) is 3.43. The van der Waals surface area contributed by atoms with Crippen LogP contribution in [0.5, 0.6) is 0 Å². The molecule has 0 aliphatic rings. The van der Waals surface area contributed by atoms with Crippen molar-refractivity contribution in [2.75, 3.05) is 0 Å². The van der Waals surface area contributed by atoms with Gasteiger partial charge in [-0.1, -0.05) is 35.5 Å². The summed E-state index contributed by atoms with van der Waals surface area (Å²) in [6.45, 7) is -0.904. The third-order valence-corrected chi connectivity index (χ3v) is 3.88. The van der Waals surface area contributed by atoms with Gasteiger partial charge in [0.25, 0.3) is 5.56 Å². The topological polar surface area (TPSA) is 122 Å². The lowest BCUT2D eigenvalue weighted by atomic mass is 10.2. The smallest absolute Gasteiger partial charge is 0.437 e. The van der Waals surface area contributed by atoms with Crippen LogP contribution in [0.1, 0.15) is 0 Å². The van der Waals surface area contributed by atoms with Gasteiger partial charge in [0.1, 0.15) is 12.1 Å². The van der Waals surface area contributed by atoms with Gasteiger partial charge in [-0.15, -0.1) is 10.2 Å². The maximum Gasteiger partial charge on any atom is 0.437 e. The van der Waals surface area contributed by atoms with E-state index in [1.807, 2.05) is 6.07 Å². The molecule has 10 heteroatoms. The monoisotopic (exact) mass is 379 g/mol. The van der Waals surface area contributed by atoms with Crippen molar-refractivity contribution >= 4 is 16.9 Å². The quantitative estimate of drug-likeness (QED) is 0.467. The fourth-order valence-electron chi connectivity index (χ4n) is 2.51. The normalized spacial score (nSPS) is 10.9. The molecule has 0 fully saturated rings. The number of fused-ring (bicyclic) bond motifs is 1. The molecule has 140 valence electrons. The Morgan fingerprint density at radius 1 is 1.00 bits per heavy atom. The summed E-state index contributed by atoms with van der Waals surface area (Å²) in [4.78, 5) is 36.2. The number of rotatable bonds is 5. The van der Waals surface area contributed by atoms with Crippen LogP contribution < -0.4 is 11.3 Å². The minimum absolute atomic E-state index is 0.0926. The van der Waals surface area contributed by atoms with Crippen molar-refractivity contribution in [2.24, 2.45) is 0 Å². The van der Waals surface area contributed by atoms with Crippen molar-refractivity contribution in [1.82, 2.24) is 24.8 Å². The molecule has 2 aromatic heterocycles. The Balaban J connectivity index is 1.46. The van der Waals surface area contributed by atoms with E-state index in [9.17, 15) is 14.4 Å². The fraction of sp³-hybridized carbons (Fsp3) is 0.111. The number of carbonyl (C=O) groups excluding carboxylic acids is 1. The molecular formula is C18H13N5O5. The van der Waals surface area contributed by atoms with Crippen LogP contribution in [0.2, 0.25) is 0 Å². The maximum atomic E-state index is 12.3. The van der Waals surface area contributed by atoms with Gasteiger partial charge in [-0.3, -0.25) is 4.79 Å². The Hall–Kier alpha value is -4.08. The number of hydrogen-bond donors (Lipinski definition) is 0. The largest absolute Gasteiger partial charge is 0.441 e. The van der Waals surface area contributed by atoms with Crippen molar-refractivity contribution in [3.8, 4) is 11.5 Å². The molecule has 0 aliphatic carbocycles. The molecule has 28 heavy (non-hydrogen) atoms. The van der Waals surface area contributed by atoms with Gasteiger partial charge in [0, 0.05) is 5.56 Å². The predicted octanol–water partition coefficient (Wildman–Crippen LogP) is 0.809. The average molecular weight is 379 g/mol. The van der Waals surface area contributed by atoms with E-state index in [1.165, 1.54) is 0 Å². The summed E-state index contributed by atoms with van der Waals surface area (Å²) < 4.78 is 11.8. The summed E-state index contributed by atoms with van der Waals surface area (Å²) >= 11 is 0. The van der Waals surface area contributed by atoms with Gasteiger partial charge in [-0.05, 0) is 24.3 Å². The molecule has 0 saturated carbocycles. The summed E-state index contributed by atoms with van der Waals surface area (Å²) in [7, 11) is 0. The van der Waals surface area contributed by atoms with Gasteiger partial charge in [0.05, 0.1) is 5.39 Å². The Labute approximate surface area is 156 Å². The molecule has 0 saturated heterocycles. The lowest BCUT2D eigenvalue weighted by Gasteiger charge is -2.06. The molecule has 0 radical (unpaired) electrons. The molecular weight excluding hydrogens is 366 g/mol. The van der Waals surface area contributed by atoms with Crippen LogP contribution in [-0.2, 0) is 22.8 Å². The molecule has 2 aromatic carbocycles. The van der Waals surface area contributed by atoms with Gasteiger partial charge in [0.2, 0.25) is 5.89 Å². The van der Waals surface area contributed by atoms with Crippen LogP contribution in [0.3, 0.4) is 0 Å². The molecule has 0 N–H and O–H groups in total. The lowest BCUT2D eigenvalue weighted by Crippen LogP contribution is -2.28. The summed E-state index contributed by atoms with van der Waals surface area (Å²) in [6, 6.07) is 15.5. The number of nitrogens with zero attached hydrogens (tertiary/aromatic N) is 5. The second kappa shape index (κ2) is 7.27. The van der Waals surface area contributed by atoms with E-state index in [0.29, 0.717) is 16.5 Å². The van der Waals surface area contributed by atoms with Crippen LogP contribution in [0, 0.1) is 0 Å². The molecule has 0 amide bonds. The first kappa shape index (κ1) is 17.3. The van der Waals surface area contributed by atoms with Crippen LogP contribution >= 0.6 is 0 Å². The van der Waals surface area contributed by atoms with Crippen LogP contribution in [0.15, 0.2) is 68.6 Å². The Bertz CT molecular complexity index is 1260. The zero-order valence-corrected chi connectivity index (χ0v) is 14.4. The van der Waals surface area contributed by atoms with Crippen LogP contribution in [-0.4, -0.2) is 30.7 Å². The van der Waals surface area contributed by atoms with E-state index in [2.05, 4.69) is 15.4 Å². The number of hydrogen-bond acceptors (Lipinski definition) is 8. The van der Waals surface area contributed by atoms with Crippen LogP contribution in [0.4, 0.5) is 0 Å². The van der Waals surface area contributed by atoms with E-state index >= 15 is 0 Å². The molecule has 4 aromatic rings. The minimum Gasteiger partial charge on any atom is -0.441 e. The zero-order chi connectivity index (χ0) is 19.5. The molecule has 2 heterocycles. The third-order valence-electron chi connectivity index (χ3n) is 3.88. The molecule has 0 unspecified atom stereocenters. The van der Waals surface area contributed by atoms with Crippen molar-refractivity contribution in [3.05, 3.63) is 75.5 Å². The standard InChI is InChI=1S/C18H13N5O5/c24-15(10-22-18(26)28-16(20-22)12-6-2-1-3-7-12)27-11-23-17(25)13-8-4-5-9-14(13)19-21-23/h1-9H,10-11H2. The van der Waals surface area contributed by atoms with Gasteiger partial charge in [-0.25, -0.2) is 9.59 Å². The molecule has 0 aliphatic heterocycles. The summed E-state index contributed by atoms with van der Waals surface area (Å²) in [5.41, 5.74) is 0.603. The lowest BCUT2D eigenvalue weighted by molar-refractivity contribution is -0.149. The van der Waals surface area contributed by atoms with E-state index in [4.69, 9.17) is 9.15 Å². The number of aromatic nitrogens is 5.